The van der Waals surface area contributed by atoms with Crippen LogP contribution in [0, 0.1) is 6.92 Å². The van der Waals surface area contributed by atoms with Gasteiger partial charge in [0.25, 0.3) is 0 Å². The Morgan fingerprint density at radius 1 is 1.36 bits per heavy atom. The maximum atomic E-state index is 5.75. The first-order valence-electron chi connectivity index (χ1n) is 5.35. The van der Waals surface area contributed by atoms with Crippen LogP contribution in [0.2, 0.25) is 0 Å². The highest BCUT2D eigenvalue weighted by atomic mass is 16.5. The van der Waals surface area contributed by atoms with Gasteiger partial charge >= 0.3 is 0 Å². The molecular weight excluding hydrogens is 174 g/mol. The monoisotopic (exact) mass is 193 g/mol. The van der Waals surface area contributed by atoms with Gasteiger partial charge in [-0.15, -0.1) is 0 Å². The summed E-state index contributed by atoms with van der Waals surface area (Å²) in [7, 11) is 0. The molecule has 1 atom stereocenters. The van der Waals surface area contributed by atoms with Crippen LogP contribution < -0.4 is 4.74 Å². The lowest BCUT2D eigenvalue weighted by Crippen LogP contribution is -2.15. The average molecular weight is 193 g/mol. The number of pyridine rings is 1. The van der Waals surface area contributed by atoms with Gasteiger partial charge in [-0.05, 0) is 25.3 Å². The normalized spacial score (nSPS) is 12.5. The van der Waals surface area contributed by atoms with E-state index in [2.05, 4.69) is 18.8 Å². The van der Waals surface area contributed by atoms with Crippen LogP contribution >= 0.6 is 0 Å². The second-order valence-electron chi connectivity index (χ2n) is 3.61. The lowest BCUT2D eigenvalue weighted by molar-refractivity contribution is 0.178. The largest absolute Gasteiger partial charge is 0.474 e. The molecule has 0 aromatic carbocycles. The van der Waals surface area contributed by atoms with E-state index < -0.39 is 0 Å². The van der Waals surface area contributed by atoms with E-state index in [1.165, 1.54) is 5.56 Å². The molecule has 0 aliphatic heterocycles. The minimum absolute atomic E-state index is 0.315. The van der Waals surface area contributed by atoms with Crippen LogP contribution in [0.5, 0.6) is 5.88 Å². The van der Waals surface area contributed by atoms with E-state index in [0.29, 0.717) is 6.10 Å². The van der Waals surface area contributed by atoms with Crippen molar-refractivity contribution in [3.05, 3.63) is 23.9 Å². The highest BCUT2D eigenvalue weighted by Gasteiger charge is 2.06. The summed E-state index contributed by atoms with van der Waals surface area (Å²) in [6, 6.07) is 3.97. The molecule has 1 heterocycles. The van der Waals surface area contributed by atoms with E-state index in [4.69, 9.17) is 4.74 Å². The summed E-state index contributed by atoms with van der Waals surface area (Å²) in [6.45, 7) is 6.35. The predicted octanol–water partition coefficient (Wildman–Crippen LogP) is 3.35. The molecule has 1 unspecified atom stereocenters. The topological polar surface area (TPSA) is 22.1 Å². The predicted molar refractivity (Wildman–Crippen MR) is 58.6 cm³/mol. The van der Waals surface area contributed by atoms with Gasteiger partial charge in [0.05, 0.1) is 0 Å². The third-order valence-electron chi connectivity index (χ3n) is 2.24. The summed E-state index contributed by atoms with van der Waals surface area (Å²) in [5.41, 5.74) is 1.17. The van der Waals surface area contributed by atoms with Crippen molar-refractivity contribution in [2.75, 3.05) is 0 Å². The highest BCUT2D eigenvalue weighted by Crippen LogP contribution is 2.13. The summed E-state index contributed by atoms with van der Waals surface area (Å²) in [4.78, 5) is 4.23. The van der Waals surface area contributed by atoms with Crippen molar-refractivity contribution in [3.63, 3.8) is 0 Å². The van der Waals surface area contributed by atoms with Gasteiger partial charge in [0.15, 0.2) is 0 Å². The zero-order valence-electron chi connectivity index (χ0n) is 9.29. The summed E-state index contributed by atoms with van der Waals surface area (Å²) >= 11 is 0. The fourth-order valence-corrected chi connectivity index (χ4v) is 1.36. The molecule has 0 radical (unpaired) electrons. The molecule has 2 nitrogen and oxygen atoms in total. The van der Waals surface area contributed by atoms with Crippen molar-refractivity contribution in [3.8, 4) is 5.88 Å². The quantitative estimate of drug-likeness (QED) is 0.715. The first kappa shape index (κ1) is 11.0. The van der Waals surface area contributed by atoms with Gasteiger partial charge in [-0.2, -0.15) is 0 Å². The maximum Gasteiger partial charge on any atom is 0.213 e. The molecule has 2 heteroatoms. The van der Waals surface area contributed by atoms with Gasteiger partial charge in [0.2, 0.25) is 5.88 Å². The fourth-order valence-electron chi connectivity index (χ4n) is 1.36. The number of hydrogen-bond acceptors (Lipinski definition) is 2. The Hall–Kier alpha value is -1.05. The van der Waals surface area contributed by atoms with Gasteiger partial charge < -0.3 is 4.74 Å². The van der Waals surface area contributed by atoms with E-state index >= 15 is 0 Å². The summed E-state index contributed by atoms with van der Waals surface area (Å²) in [6.07, 6.45) is 5.46. The molecule has 1 rings (SSSR count). The van der Waals surface area contributed by atoms with E-state index in [1.807, 2.05) is 25.3 Å². The molecule has 78 valence electrons. The van der Waals surface area contributed by atoms with E-state index in [0.717, 1.165) is 25.1 Å². The molecule has 0 fully saturated rings. The third-order valence-corrected chi connectivity index (χ3v) is 2.24. The third kappa shape index (κ3) is 3.36. The Morgan fingerprint density at radius 3 is 2.64 bits per heavy atom. The first-order valence-corrected chi connectivity index (χ1v) is 5.35. The second-order valence-corrected chi connectivity index (χ2v) is 3.61. The van der Waals surface area contributed by atoms with Crippen molar-refractivity contribution >= 4 is 0 Å². The zero-order valence-corrected chi connectivity index (χ0v) is 9.29. The molecule has 1 aromatic heterocycles. The van der Waals surface area contributed by atoms with E-state index in [1.54, 1.807) is 0 Å². The molecule has 0 aliphatic rings. The Morgan fingerprint density at radius 2 is 2.14 bits per heavy atom. The molecule has 0 aliphatic carbocycles. The molecule has 0 saturated carbocycles. The lowest BCUT2D eigenvalue weighted by atomic mass is 10.2. The van der Waals surface area contributed by atoms with Gasteiger partial charge in [-0.3, -0.25) is 0 Å². The second kappa shape index (κ2) is 5.63. The maximum absolute atomic E-state index is 5.75. The number of nitrogens with zero attached hydrogens (tertiary/aromatic N) is 1. The van der Waals surface area contributed by atoms with Crippen molar-refractivity contribution in [1.29, 1.82) is 0 Å². The van der Waals surface area contributed by atoms with Crippen LogP contribution in [0.25, 0.3) is 0 Å². The van der Waals surface area contributed by atoms with Gasteiger partial charge in [0.1, 0.15) is 6.10 Å². The van der Waals surface area contributed by atoms with Crippen molar-refractivity contribution < 1.29 is 4.74 Å². The molecule has 0 saturated heterocycles. The van der Waals surface area contributed by atoms with Crippen molar-refractivity contribution in [2.24, 2.45) is 0 Å². The highest BCUT2D eigenvalue weighted by molar-refractivity contribution is 5.16. The number of aromatic nitrogens is 1. The average Bonchev–Trinajstić information content (AvgIpc) is 2.20. The Balaban J connectivity index is 2.53. The SMILES string of the molecule is CCCC(CC)Oc1ccc(C)cn1. The smallest absolute Gasteiger partial charge is 0.213 e. The van der Waals surface area contributed by atoms with Crippen LogP contribution in [-0.4, -0.2) is 11.1 Å². The Bertz CT molecular complexity index is 256. The zero-order chi connectivity index (χ0) is 10.4. The van der Waals surface area contributed by atoms with Crippen LogP contribution in [-0.2, 0) is 0 Å². The minimum atomic E-state index is 0.315. The van der Waals surface area contributed by atoms with E-state index in [9.17, 15) is 0 Å². The molecule has 1 aromatic rings. The number of rotatable bonds is 5. The van der Waals surface area contributed by atoms with E-state index in [-0.39, 0.29) is 0 Å². The van der Waals surface area contributed by atoms with Crippen LogP contribution in [0.15, 0.2) is 18.3 Å². The molecule has 0 amide bonds. The fraction of sp³-hybridized carbons (Fsp3) is 0.583. The van der Waals surface area contributed by atoms with Crippen LogP contribution in [0.4, 0.5) is 0 Å². The Kier molecular flexibility index (Phi) is 4.44. The van der Waals surface area contributed by atoms with Gasteiger partial charge in [0, 0.05) is 12.3 Å². The van der Waals surface area contributed by atoms with Crippen LogP contribution in [0.1, 0.15) is 38.7 Å². The summed E-state index contributed by atoms with van der Waals surface area (Å²) in [5, 5.41) is 0. The van der Waals surface area contributed by atoms with Crippen molar-refractivity contribution in [2.45, 2.75) is 46.1 Å². The summed E-state index contributed by atoms with van der Waals surface area (Å²) in [5.74, 6) is 0.746. The number of hydrogen-bond donors (Lipinski definition) is 0. The van der Waals surface area contributed by atoms with Gasteiger partial charge in [-0.1, -0.05) is 26.3 Å². The standard InChI is InChI=1S/C12H19NO/c1-4-6-11(5-2)14-12-8-7-10(3)9-13-12/h7-9,11H,4-6H2,1-3H3. The molecule has 0 N–H and O–H groups in total. The minimum Gasteiger partial charge on any atom is -0.474 e. The van der Waals surface area contributed by atoms with Gasteiger partial charge in [-0.25, -0.2) is 4.98 Å². The molecule has 0 spiro atoms. The lowest BCUT2D eigenvalue weighted by Gasteiger charge is -2.15. The number of ether oxygens (including phenoxy) is 1. The molecule has 14 heavy (non-hydrogen) atoms. The first-order chi connectivity index (χ1) is 6.76. The summed E-state index contributed by atoms with van der Waals surface area (Å²) < 4.78 is 5.75. The number of aryl methyl sites for hydroxylation is 1. The van der Waals surface area contributed by atoms with Crippen LogP contribution in [0.3, 0.4) is 0 Å². The molecule has 0 bridgehead atoms. The Labute approximate surface area is 86.3 Å². The van der Waals surface area contributed by atoms with Crippen molar-refractivity contribution in [1.82, 2.24) is 4.98 Å². The molecular formula is C12H19NO.